The van der Waals surface area contributed by atoms with Crippen LogP contribution in [-0.4, -0.2) is 24.9 Å². The van der Waals surface area contributed by atoms with Crippen LogP contribution in [0.1, 0.15) is 39.3 Å². The van der Waals surface area contributed by atoms with Crippen LogP contribution in [0.3, 0.4) is 0 Å². The highest BCUT2D eigenvalue weighted by Gasteiger charge is 2.02. The Kier molecular flexibility index (Phi) is 16.8. The topological polar surface area (TPSA) is 38.7 Å². The number of methoxy groups -OCH3 is 1. The average molecular weight is 572 g/mol. The summed E-state index contributed by atoms with van der Waals surface area (Å²) in [6.45, 7) is 2.28. The SMILES string of the molecule is C.C.CCC(O)COc1ccc(Cc2ccc(OC)cc2)cc1.II. The molecular weight excluding hydrogens is 542 g/mol. The van der Waals surface area contributed by atoms with Crippen molar-refractivity contribution in [1.82, 2.24) is 0 Å². The lowest BCUT2D eigenvalue weighted by Crippen LogP contribution is -2.15. The van der Waals surface area contributed by atoms with Gasteiger partial charge in [-0.1, -0.05) is 46.0 Å². The van der Waals surface area contributed by atoms with E-state index in [9.17, 15) is 5.11 Å². The van der Waals surface area contributed by atoms with Crippen molar-refractivity contribution in [2.45, 2.75) is 40.7 Å². The fourth-order valence-corrected chi connectivity index (χ4v) is 1.99. The summed E-state index contributed by atoms with van der Waals surface area (Å²) < 4.78 is 10.7. The molecule has 0 aliphatic rings. The highest BCUT2D eigenvalue weighted by Crippen LogP contribution is 2.17. The van der Waals surface area contributed by atoms with Crippen LogP contribution in [0.15, 0.2) is 48.5 Å². The molecule has 0 amide bonds. The van der Waals surface area contributed by atoms with Crippen LogP contribution < -0.4 is 9.47 Å². The van der Waals surface area contributed by atoms with E-state index in [1.807, 2.05) is 31.2 Å². The number of aliphatic hydroxyl groups excluding tert-OH is 1. The number of aliphatic hydroxyl groups is 1. The zero-order chi connectivity index (χ0) is 17.1. The van der Waals surface area contributed by atoms with E-state index in [1.165, 1.54) is 11.1 Å². The molecule has 0 aromatic heterocycles. The van der Waals surface area contributed by atoms with Gasteiger partial charge in [-0.05, 0) is 48.2 Å². The van der Waals surface area contributed by atoms with Gasteiger partial charge in [0.05, 0.1) is 13.2 Å². The van der Waals surface area contributed by atoms with Crippen molar-refractivity contribution in [3.63, 3.8) is 0 Å². The Morgan fingerprint density at radius 3 is 1.72 bits per heavy atom. The quantitative estimate of drug-likeness (QED) is 0.387. The minimum absolute atomic E-state index is 0. The number of hydrogen-bond acceptors (Lipinski definition) is 3. The molecule has 5 heteroatoms. The van der Waals surface area contributed by atoms with Gasteiger partial charge in [0, 0.05) is 37.2 Å². The first kappa shape index (κ1) is 26.7. The van der Waals surface area contributed by atoms with Crippen molar-refractivity contribution < 1.29 is 14.6 Å². The normalized spacial score (nSPS) is 10.3. The molecule has 1 unspecified atom stereocenters. The van der Waals surface area contributed by atoms with Gasteiger partial charge in [0.15, 0.2) is 0 Å². The van der Waals surface area contributed by atoms with Crippen LogP contribution in [0.25, 0.3) is 0 Å². The lowest BCUT2D eigenvalue weighted by molar-refractivity contribution is 0.104. The molecule has 0 fully saturated rings. The fourth-order valence-electron chi connectivity index (χ4n) is 1.99. The van der Waals surface area contributed by atoms with E-state index in [0.717, 1.165) is 17.9 Å². The standard InChI is InChI=1S/C18H22O3.2CH4.I2/c1-3-16(19)13-21-18-10-6-15(7-11-18)12-14-4-8-17(20-2)9-5-14;;;1-2/h4-11,16,19H,3,12-13H2,1-2H3;2*1H4;. The summed E-state index contributed by atoms with van der Waals surface area (Å²) >= 11 is 4.24. The minimum atomic E-state index is -0.399. The molecule has 0 aliphatic heterocycles. The van der Waals surface area contributed by atoms with Crippen LogP contribution in [-0.2, 0) is 6.42 Å². The molecule has 142 valence electrons. The molecule has 2 rings (SSSR count). The van der Waals surface area contributed by atoms with Crippen LogP contribution in [0, 0.1) is 0 Å². The second-order valence-electron chi connectivity index (χ2n) is 5.04. The third kappa shape index (κ3) is 10.3. The summed E-state index contributed by atoms with van der Waals surface area (Å²) in [5.41, 5.74) is 2.47. The summed E-state index contributed by atoms with van der Waals surface area (Å²) in [5, 5.41) is 9.48. The van der Waals surface area contributed by atoms with Gasteiger partial charge < -0.3 is 14.6 Å². The predicted octanol–water partition coefficient (Wildman–Crippen LogP) is 6.48. The van der Waals surface area contributed by atoms with Gasteiger partial charge in [-0.15, -0.1) is 0 Å². The van der Waals surface area contributed by atoms with E-state index < -0.39 is 6.10 Å². The predicted molar refractivity (Wildman–Crippen MR) is 126 cm³/mol. The Morgan fingerprint density at radius 1 is 0.880 bits per heavy atom. The Balaban J connectivity index is 0. The maximum atomic E-state index is 9.48. The summed E-state index contributed by atoms with van der Waals surface area (Å²) in [6.07, 6.45) is 1.18. The van der Waals surface area contributed by atoms with Crippen molar-refractivity contribution in [2.24, 2.45) is 0 Å². The number of halogens is 2. The first-order valence-electron chi connectivity index (χ1n) is 7.38. The first-order valence-corrected chi connectivity index (χ1v) is 13.7. The molecule has 0 radical (unpaired) electrons. The number of ether oxygens (including phenoxy) is 2. The summed E-state index contributed by atoms with van der Waals surface area (Å²) in [4.78, 5) is 0. The largest absolute Gasteiger partial charge is 0.497 e. The Hall–Kier alpha value is -0.540. The molecule has 1 atom stereocenters. The molecule has 25 heavy (non-hydrogen) atoms. The van der Waals surface area contributed by atoms with Crippen molar-refractivity contribution in [3.05, 3.63) is 59.7 Å². The van der Waals surface area contributed by atoms with Gasteiger partial charge in [-0.25, -0.2) is 0 Å². The van der Waals surface area contributed by atoms with Crippen LogP contribution in [0.2, 0.25) is 0 Å². The lowest BCUT2D eigenvalue weighted by atomic mass is 10.0. The van der Waals surface area contributed by atoms with Gasteiger partial charge in [-0.3, -0.25) is 0 Å². The average Bonchev–Trinajstić information content (AvgIpc) is 2.63. The minimum Gasteiger partial charge on any atom is -0.497 e. The first-order chi connectivity index (χ1) is 11.2. The van der Waals surface area contributed by atoms with Gasteiger partial charge in [0.2, 0.25) is 0 Å². The van der Waals surface area contributed by atoms with Gasteiger partial charge in [0.1, 0.15) is 18.1 Å². The van der Waals surface area contributed by atoms with Gasteiger partial charge in [-0.2, -0.15) is 0 Å². The molecule has 0 saturated carbocycles. The maximum absolute atomic E-state index is 9.48. The molecule has 0 spiro atoms. The highest BCUT2D eigenvalue weighted by molar-refractivity contribution is 15.0. The molecule has 0 saturated heterocycles. The second kappa shape index (κ2) is 15.7. The van der Waals surface area contributed by atoms with E-state index in [1.54, 1.807) is 7.11 Å². The lowest BCUT2D eigenvalue weighted by Gasteiger charge is -2.10. The van der Waals surface area contributed by atoms with Crippen molar-refractivity contribution >= 4 is 37.2 Å². The van der Waals surface area contributed by atoms with E-state index in [0.29, 0.717) is 13.0 Å². The molecule has 0 bridgehead atoms. The van der Waals surface area contributed by atoms with Crippen LogP contribution in [0.4, 0.5) is 0 Å². The molecule has 3 nitrogen and oxygen atoms in total. The summed E-state index contributed by atoms with van der Waals surface area (Å²) in [5.74, 6) is 1.66. The summed E-state index contributed by atoms with van der Waals surface area (Å²) in [6, 6.07) is 16.1. The van der Waals surface area contributed by atoms with Crippen LogP contribution in [0.5, 0.6) is 11.5 Å². The van der Waals surface area contributed by atoms with Gasteiger partial charge in [0.25, 0.3) is 0 Å². The van der Waals surface area contributed by atoms with E-state index in [4.69, 9.17) is 9.47 Å². The molecule has 1 N–H and O–H groups in total. The molecule has 0 heterocycles. The fraction of sp³-hybridized carbons (Fsp3) is 0.400. The molecular formula is C20H30I2O3. The van der Waals surface area contributed by atoms with Crippen molar-refractivity contribution in [2.75, 3.05) is 13.7 Å². The van der Waals surface area contributed by atoms with Crippen LogP contribution >= 0.6 is 37.2 Å². The Labute approximate surface area is 176 Å². The Morgan fingerprint density at radius 2 is 1.32 bits per heavy atom. The monoisotopic (exact) mass is 572 g/mol. The number of benzene rings is 2. The molecule has 0 aliphatic carbocycles. The van der Waals surface area contributed by atoms with Gasteiger partial charge >= 0.3 is 0 Å². The van der Waals surface area contributed by atoms with Crippen molar-refractivity contribution in [3.8, 4) is 11.5 Å². The molecule has 2 aromatic carbocycles. The smallest absolute Gasteiger partial charge is 0.119 e. The Bertz CT molecular complexity index is 542. The molecule has 2 aromatic rings. The van der Waals surface area contributed by atoms with Crippen molar-refractivity contribution in [1.29, 1.82) is 0 Å². The maximum Gasteiger partial charge on any atom is 0.119 e. The third-order valence-corrected chi connectivity index (χ3v) is 3.40. The van der Waals surface area contributed by atoms with E-state index >= 15 is 0 Å². The third-order valence-electron chi connectivity index (χ3n) is 3.40. The van der Waals surface area contributed by atoms with E-state index in [2.05, 4.69) is 61.5 Å². The zero-order valence-corrected chi connectivity index (χ0v) is 17.7. The second-order valence-corrected chi connectivity index (χ2v) is 5.04. The van der Waals surface area contributed by atoms with E-state index in [-0.39, 0.29) is 14.9 Å². The zero-order valence-electron chi connectivity index (χ0n) is 13.3. The summed E-state index contributed by atoms with van der Waals surface area (Å²) in [7, 11) is 1.67. The number of hydrogen-bond donors (Lipinski definition) is 1. The highest BCUT2D eigenvalue weighted by atomic mass is 128. The number of rotatable bonds is 7.